The van der Waals surface area contributed by atoms with Crippen LogP contribution in [0.5, 0.6) is 0 Å². The maximum Gasteiger partial charge on any atom is 0.0585 e. The fourth-order valence-corrected chi connectivity index (χ4v) is 4.61. The molecule has 0 amide bonds. The molecule has 0 fully saturated rings. The third-order valence-electron chi connectivity index (χ3n) is 3.39. The second-order valence-electron chi connectivity index (χ2n) is 4.53. The van der Waals surface area contributed by atoms with Crippen LogP contribution in [0.2, 0.25) is 5.02 Å². The van der Waals surface area contributed by atoms with Crippen LogP contribution in [-0.2, 0) is 0 Å². The van der Waals surface area contributed by atoms with E-state index in [1.165, 1.54) is 26.2 Å². The Labute approximate surface area is 127 Å². The highest BCUT2D eigenvalue weighted by Crippen LogP contribution is 2.42. The molecule has 0 saturated heterocycles. The summed E-state index contributed by atoms with van der Waals surface area (Å²) < 4.78 is 3.54. The molecule has 3 heteroatoms. The van der Waals surface area contributed by atoms with Crippen LogP contribution in [0.25, 0.3) is 30.9 Å². The highest BCUT2D eigenvalue weighted by Gasteiger charge is 2.11. The van der Waals surface area contributed by atoms with E-state index in [2.05, 4.69) is 52.3 Å². The van der Waals surface area contributed by atoms with E-state index in [0.29, 0.717) is 0 Å². The molecule has 1 aromatic heterocycles. The Hall–Kier alpha value is -1.09. The molecule has 4 rings (SSSR count). The topological polar surface area (TPSA) is 0 Å². The monoisotopic (exact) mass is 346 g/mol. The first-order valence-electron chi connectivity index (χ1n) is 5.93. The fraction of sp³-hybridized carbons (Fsp3) is 0. The summed E-state index contributed by atoms with van der Waals surface area (Å²) in [6.45, 7) is 0. The molecule has 0 aliphatic rings. The van der Waals surface area contributed by atoms with Crippen molar-refractivity contribution in [3.8, 4) is 0 Å². The van der Waals surface area contributed by atoms with E-state index in [-0.39, 0.29) is 0 Å². The maximum absolute atomic E-state index is 6.32. The van der Waals surface area contributed by atoms with Gasteiger partial charge in [-0.3, -0.25) is 0 Å². The van der Waals surface area contributed by atoms with Gasteiger partial charge >= 0.3 is 0 Å². The van der Waals surface area contributed by atoms with Crippen molar-refractivity contribution < 1.29 is 0 Å². The molecular formula is C16H8BrClS. The highest BCUT2D eigenvalue weighted by atomic mass is 79.9. The molecule has 0 saturated carbocycles. The number of rotatable bonds is 0. The molecule has 0 nitrogen and oxygen atoms in total. The van der Waals surface area contributed by atoms with E-state index in [9.17, 15) is 0 Å². The lowest BCUT2D eigenvalue weighted by atomic mass is 10.1. The Balaban J connectivity index is 2.30. The number of hydrogen-bond donors (Lipinski definition) is 0. The van der Waals surface area contributed by atoms with Crippen LogP contribution in [0.1, 0.15) is 0 Å². The van der Waals surface area contributed by atoms with Crippen LogP contribution < -0.4 is 0 Å². The van der Waals surface area contributed by atoms with Crippen molar-refractivity contribution in [3.63, 3.8) is 0 Å². The van der Waals surface area contributed by atoms with Crippen LogP contribution >= 0.6 is 38.9 Å². The normalized spacial score (nSPS) is 11.7. The van der Waals surface area contributed by atoms with Crippen molar-refractivity contribution in [1.29, 1.82) is 0 Å². The van der Waals surface area contributed by atoms with Crippen molar-refractivity contribution in [2.75, 3.05) is 0 Å². The van der Waals surface area contributed by atoms with Crippen molar-refractivity contribution in [2.45, 2.75) is 0 Å². The number of hydrogen-bond acceptors (Lipinski definition) is 1. The van der Waals surface area contributed by atoms with E-state index in [1.54, 1.807) is 11.3 Å². The molecule has 0 bridgehead atoms. The quantitative estimate of drug-likeness (QED) is 0.335. The van der Waals surface area contributed by atoms with Crippen molar-refractivity contribution in [1.82, 2.24) is 0 Å². The van der Waals surface area contributed by atoms with Crippen LogP contribution in [0.4, 0.5) is 0 Å². The molecule has 19 heavy (non-hydrogen) atoms. The predicted octanol–water partition coefficient (Wildman–Crippen LogP) is 6.62. The molecule has 92 valence electrons. The molecule has 0 aliphatic carbocycles. The van der Waals surface area contributed by atoms with Gasteiger partial charge in [0.05, 0.1) is 9.72 Å². The molecule has 3 aromatic carbocycles. The van der Waals surface area contributed by atoms with Crippen LogP contribution in [0, 0.1) is 0 Å². The van der Waals surface area contributed by atoms with Gasteiger partial charge in [0, 0.05) is 19.9 Å². The standard InChI is InChI=1S/C16H8BrClS/c17-12-5-6-13(18)16-15(12)11-7-9-3-1-2-4-10(9)8-14(11)19-16/h1-8H. The summed E-state index contributed by atoms with van der Waals surface area (Å²) in [4.78, 5) is 0. The summed E-state index contributed by atoms with van der Waals surface area (Å²) in [5.41, 5.74) is 0. The minimum absolute atomic E-state index is 0.823. The lowest BCUT2D eigenvalue weighted by Gasteiger charge is -2.00. The summed E-state index contributed by atoms with van der Waals surface area (Å²) in [6, 6.07) is 16.9. The smallest absolute Gasteiger partial charge is 0.0585 e. The molecular weight excluding hydrogens is 340 g/mol. The summed E-state index contributed by atoms with van der Waals surface area (Å²) in [7, 11) is 0. The first kappa shape index (κ1) is 11.7. The largest absolute Gasteiger partial charge is 0.134 e. The first-order valence-corrected chi connectivity index (χ1v) is 7.92. The van der Waals surface area contributed by atoms with E-state index < -0.39 is 0 Å². The summed E-state index contributed by atoms with van der Waals surface area (Å²) in [5, 5.41) is 5.85. The Morgan fingerprint density at radius 1 is 0.947 bits per heavy atom. The molecule has 0 unspecified atom stereocenters. The van der Waals surface area contributed by atoms with Gasteiger partial charge in [-0.25, -0.2) is 0 Å². The third kappa shape index (κ3) is 1.71. The molecule has 0 aliphatic heterocycles. The Morgan fingerprint density at radius 2 is 1.68 bits per heavy atom. The highest BCUT2D eigenvalue weighted by molar-refractivity contribution is 9.10. The van der Waals surface area contributed by atoms with Gasteiger partial charge in [0.25, 0.3) is 0 Å². The third-order valence-corrected chi connectivity index (χ3v) is 5.66. The van der Waals surface area contributed by atoms with Crippen molar-refractivity contribution >= 4 is 69.8 Å². The van der Waals surface area contributed by atoms with Crippen molar-refractivity contribution in [2.24, 2.45) is 0 Å². The maximum atomic E-state index is 6.32. The molecule has 1 heterocycles. The predicted molar refractivity (Wildman–Crippen MR) is 89.5 cm³/mol. The number of thiophene rings is 1. The van der Waals surface area contributed by atoms with Gasteiger partial charge in [0.1, 0.15) is 0 Å². The zero-order valence-corrected chi connectivity index (χ0v) is 12.9. The van der Waals surface area contributed by atoms with Gasteiger partial charge in [0.2, 0.25) is 0 Å². The number of fused-ring (bicyclic) bond motifs is 4. The summed E-state index contributed by atoms with van der Waals surface area (Å²) >= 11 is 11.7. The molecule has 0 N–H and O–H groups in total. The Kier molecular flexibility index (Phi) is 2.59. The minimum Gasteiger partial charge on any atom is -0.134 e. The summed E-state index contributed by atoms with van der Waals surface area (Å²) in [6.07, 6.45) is 0. The molecule has 0 radical (unpaired) electrons. The van der Waals surface area contributed by atoms with Crippen LogP contribution in [0.15, 0.2) is 53.0 Å². The van der Waals surface area contributed by atoms with E-state index in [1.807, 2.05) is 12.1 Å². The SMILES string of the molecule is Clc1ccc(Br)c2c1sc1cc3ccccc3cc12. The zero-order valence-electron chi connectivity index (χ0n) is 9.78. The Morgan fingerprint density at radius 3 is 2.47 bits per heavy atom. The average Bonchev–Trinajstić information content (AvgIpc) is 2.80. The van der Waals surface area contributed by atoms with Gasteiger partial charge in [-0.05, 0) is 35.0 Å². The van der Waals surface area contributed by atoms with E-state index >= 15 is 0 Å². The van der Waals surface area contributed by atoms with Gasteiger partial charge in [-0.2, -0.15) is 0 Å². The number of benzene rings is 3. The zero-order chi connectivity index (χ0) is 13.0. The van der Waals surface area contributed by atoms with Crippen molar-refractivity contribution in [3.05, 3.63) is 58.0 Å². The lowest BCUT2D eigenvalue weighted by molar-refractivity contribution is 1.79. The molecule has 4 aromatic rings. The van der Waals surface area contributed by atoms with Gasteiger partial charge < -0.3 is 0 Å². The van der Waals surface area contributed by atoms with Crippen LogP contribution in [0.3, 0.4) is 0 Å². The van der Waals surface area contributed by atoms with Crippen LogP contribution in [-0.4, -0.2) is 0 Å². The first-order chi connectivity index (χ1) is 9.24. The fourth-order valence-electron chi connectivity index (χ4n) is 2.49. The number of halogens is 2. The van der Waals surface area contributed by atoms with Gasteiger partial charge in [0.15, 0.2) is 0 Å². The minimum atomic E-state index is 0.823. The molecule has 0 atom stereocenters. The van der Waals surface area contributed by atoms with E-state index in [4.69, 9.17) is 11.6 Å². The summed E-state index contributed by atoms with van der Waals surface area (Å²) in [5.74, 6) is 0. The van der Waals surface area contributed by atoms with Gasteiger partial charge in [-0.1, -0.05) is 51.8 Å². The second kappa shape index (κ2) is 4.20. The lowest BCUT2D eigenvalue weighted by Crippen LogP contribution is -1.73. The van der Waals surface area contributed by atoms with E-state index in [0.717, 1.165) is 14.2 Å². The van der Waals surface area contributed by atoms with Gasteiger partial charge in [-0.15, -0.1) is 11.3 Å². The second-order valence-corrected chi connectivity index (χ2v) is 6.84. The molecule has 0 spiro atoms. The average molecular weight is 348 g/mol. The Bertz CT molecular complexity index is 940.